The average Bonchev–Trinajstić information content (AvgIpc) is 2.42. The van der Waals surface area contributed by atoms with E-state index < -0.39 is 17.8 Å². The van der Waals surface area contributed by atoms with Crippen molar-refractivity contribution in [3.05, 3.63) is 29.3 Å². The van der Waals surface area contributed by atoms with Crippen molar-refractivity contribution >= 4 is 17.8 Å². The monoisotopic (exact) mass is 294 g/mol. The Balaban J connectivity index is 2.35. The van der Waals surface area contributed by atoms with Gasteiger partial charge >= 0.3 is 5.97 Å². The smallest absolute Gasteiger partial charge is 0.303 e. The zero-order chi connectivity index (χ0) is 15.8. The summed E-state index contributed by atoms with van der Waals surface area (Å²) in [5, 5.41) is 8.41. The Bertz CT molecular complexity index is 522. The van der Waals surface area contributed by atoms with Gasteiger partial charge in [-0.1, -0.05) is 18.2 Å². The van der Waals surface area contributed by atoms with Crippen molar-refractivity contribution in [2.24, 2.45) is 0 Å². The van der Waals surface area contributed by atoms with Crippen molar-refractivity contribution in [2.75, 3.05) is 6.61 Å². The summed E-state index contributed by atoms with van der Waals surface area (Å²) >= 11 is 0. The summed E-state index contributed by atoms with van der Waals surface area (Å²) in [6, 6.07) is 5.63. The van der Waals surface area contributed by atoms with Crippen LogP contribution in [0.3, 0.4) is 0 Å². The molecule has 0 aliphatic carbocycles. The molecule has 0 bridgehead atoms. The third-order valence-electron chi connectivity index (χ3n) is 2.66. The largest absolute Gasteiger partial charge is 0.483 e. The van der Waals surface area contributed by atoms with Gasteiger partial charge in [-0.2, -0.15) is 0 Å². The van der Waals surface area contributed by atoms with Crippen molar-refractivity contribution in [3.63, 3.8) is 0 Å². The van der Waals surface area contributed by atoms with Gasteiger partial charge in [0.15, 0.2) is 6.61 Å². The molecular weight excluding hydrogens is 276 g/mol. The van der Waals surface area contributed by atoms with E-state index in [1.807, 2.05) is 32.0 Å². The van der Waals surface area contributed by atoms with E-state index in [1.165, 1.54) is 0 Å². The van der Waals surface area contributed by atoms with Crippen molar-refractivity contribution in [1.29, 1.82) is 0 Å². The average molecular weight is 294 g/mol. The van der Waals surface area contributed by atoms with Crippen LogP contribution in [0.2, 0.25) is 0 Å². The Hall–Kier alpha value is -2.57. The Morgan fingerprint density at radius 3 is 2.19 bits per heavy atom. The molecule has 7 nitrogen and oxygen atoms in total. The Morgan fingerprint density at radius 2 is 1.62 bits per heavy atom. The summed E-state index contributed by atoms with van der Waals surface area (Å²) in [4.78, 5) is 33.0. The molecule has 1 aromatic rings. The van der Waals surface area contributed by atoms with Crippen molar-refractivity contribution in [2.45, 2.75) is 26.7 Å². The number of carbonyl (C=O) groups is 3. The van der Waals surface area contributed by atoms with Crippen LogP contribution < -0.4 is 15.6 Å². The van der Waals surface area contributed by atoms with Crippen LogP contribution in [0, 0.1) is 13.8 Å². The van der Waals surface area contributed by atoms with Gasteiger partial charge in [0.05, 0.1) is 6.42 Å². The number of carbonyl (C=O) groups excluding carboxylic acids is 2. The maximum Gasteiger partial charge on any atom is 0.303 e. The lowest BCUT2D eigenvalue weighted by atomic mass is 10.1. The van der Waals surface area contributed by atoms with E-state index in [2.05, 4.69) is 10.9 Å². The highest BCUT2D eigenvalue weighted by Gasteiger charge is 2.09. The van der Waals surface area contributed by atoms with Crippen LogP contribution in [-0.4, -0.2) is 29.5 Å². The quantitative estimate of drug-likeness (QED) is 0.670. The second-order valence-corrected chi connectivity index (χ2v) is 4.50. The number of hydrazine groups is 1. The van der Waals surface area contributed by atoms with Crippen LogP contribution in [-0.2, 0) is 14.4 Å². The third kappa shape index (κ3) is 5.94. The molecule has 0 fully saturated rings. The summed E-state index contributed by atoms with van der Waals surface area (Å²) in [6.45, 7) is 3.49. The number of para-hydroxylation sites is 1. The Morgan fingerprint density at radius 1 is 1.05 bits per heavy atom. The van der Waals surface area contributed by atoms with Crippen LogP contribution in [0.4, 0.5) is 0 Å². The summed E-state index contributed by atoms with van der Waals surface area (Å²) < 4.78 is 5.40. The van der Waals surface area contributed by atoms with Crippen LogP contribution >= 0.6 is 0 Å². The topological polar surface area (TPSA) is 105 Å². The predicted octanol–water partition coefficient (Wildman–Crippen LogP) is 0.694. The normalized spacial score (nSPS) is 9.81. The molecule has 0 aromatic heterocycles. The fraction of sp³-hybridized carbons (Fsp3) is 0.357. The van der Waals surface area contributed by atoms with Gasteiger partial charge in [0.25, 0.3) is 5.91 Å². The first-order chi connectivity index (χ1) is 9.90. The molecule has 0 aliphatic rings. The van der Waals surface area contributed by atoms with E-state index in [-0.39, 0.29) is 19.4 Å². The number of rotatable bonds is 6. The molecule has 0 saturated carbocycles. The van der Waals surface area contributed by atoms with Gasteiger partial charge in [0.1, 0.15) is 5.75 Å². The fourth-order valence-electron chi connectivity index (χ4n) is 1.62. The maximum absolute atomic E-state index is 11.5. The molecule has 0 saturated heterocycles. The highest BCUT2D eigenvalue weighted by molar-refractivity contribution is 5.84. The highest BCUT2D eigenvalue weighted by atomic mass is 16.5. The summed E-state index contributed by atoms with van der Waals surface area (Å²) in [5.41, 5.74) is 6.10. The molecular formula is C14H18N2O5. The van der Waals surface area contributed by atoms with Gasteiger partial charge < -0.3 is 9.84 Å². The first kappa shape index (κ1) is 16.5. The van der Waals surface area contributed by atoms with E-state index >= 15 is 0 Å². The van der Waals surface area contributed by atoms with E-state index in [0.29, 0.717) is 5.75 Å². The van der Waals surface area contributed by atoms with Crippen molar-refractivity contribution in [1.82, 2.24) is 10.9 Å². The lowest BCUT2D eigenvalue weighted by Crippen LogP contribution is -2.43. The summed E-state index contributed by atoms with van der Waals surface area (Å²) in [7, 11) is 0. The first-order valence-electron chi connectivity index (χ1n) is 6.38. The number of ether oxygens (including phenoxy) is 1. The molecule has 114 valence electrons. The van der Waals surface area contributed by atoms with Gasteiger partial charge in [-0.3, -0.25) is 25.2 Å². The van der Waals surface area contributed by atoms with E-state index in [9.17, 15) is 14.4 Å². The number of nitrogens with one attached hydrogen (secondary N) is 2. The van der Waals surface area contributed by atoms with Gasteiger partial charge in [0.2, 0.25) is 5.91 Å². The second kappa shape index (κ2) is 7.88. The molecule has 0 heterocycles. The zero-order valence-corrected chi connectivity index (χ0v) is 11.9. The first-order valence-corrected chi connectivity index (χ1v) is 6.38. The van der Waals surface area contributed by atoms with Gasteiger partial charge in [-0.15, -0.1) is 0 Å². The Kier molecular flexibility index (Phi) is 6.19. The third-order valence-corrected chi connectivity index (χ3v) is 2.66. The van der Waals surface area contributed by atoms with Crippen molar-refractivity contribution in [3.8, 4) is 5.75 Å². The standard InChI is InChI=1S/C14H18N2O5/c1-9-4-3-5-10(2)14(9)21-8-12(18)16-15-11(17)6-7-13(19)20/h3-5H,6-8H2,1-2H3,(H,15,17)(H,16,18)(H,19,20). The van der Waals surface area contributed by atoms with Crippen LogP contribution in [0.5, 0.6) is 5.75 Å². The lowest BCUT2D eigenvalue weighted by molar-refractivity contribution is -0.139. The molecule has 0 atom stereocenters. The molecule has 2 amide bonds. The molecule has 0 radical (unpaired) electrons. The number of carboxylic acids is 1. The summed E-state index contributed by atoms with van der Waals surface area (Å²) in [5.74, 6) is -1.54. The second-order valence-electron chi connectivity index (χ2n) is 4.50. The SMILES string of the molecule is Cc1cccc(C)c1OCC(=O)NNC(=O)CCC(=O)O. The number of aryl methyl sites for hydroxylation is 2. The number of hydrogen-bond donors (Lipinski definition) is 3. The molecule has 1 aromatic carbocycles. The molecule has 7 heteroatoms. The molecule has 0 spiro atoms. The Labute approximate surface area is 122 Å². The van der Waals surface area contributed by atoms with Gasteiger partial charge in [-0.25, -0.2) is 0 Å². The van der Waals surface area contributed by atoms with Gasteiger partial charge in [0, 0.05) is 6.42 Å². The minimum atomic E-state index is -1.07. The predicted molar refractivity (Wildman–Crippen MR) is 74.6 cm³/mol. The fourth-order valence-corrected chi connectivity index (χ4v) is 1.62. The number of amides is 2. The molecule has 0 aliphatic heterocycles. The molecule has 21 heavy (non-hydrogen) atoms. The molecule has 1 rings (SSSR count). The van der Waals surface area contributed by atoms with Crippen molar-refractivity contribution < 1.29 is 24.2 Å². The van der Waals surface area contributed by atoms with E-state index in [0.717, 1.165) is 11.1 Å². The van der Waals surface area contributed by atoms with Crippen LogP contribution in [0.25, 0.3) is 0 Å². The highest BCUT2D eigenvalue weighted by Crippen LogP contribution is 2.21. The number of aliphatic carboxylic acids is 1. The minimum Gasteiger partial charge on any atom is -0.483 e. The molecule has 0 unspecified atom stereocenters. The lowest BCUT2D eigenvalue weighted by Gasteiger charge is -2.12. The van der Waals surface area contributed by atoms with Crippen LogP contribution in [0.15, 0.2) is 18.2 Å². The van der Waals surface area contributed by atoms with E-state index in [1.54, 1.807) is 0 Å². The minimum absolute atomic E-state index is 0.201. The van der Waals surface area contributed by atoms with Gasteiger partial charge in [-0.05, 0) is 25.0 Å². The number of carboxylic acid groups (broad SMARTS) is 1. The number of hydrogen-bond acceptors (Lipinski definition) is 4. The zero-order valence-electron chi connectivity index (χ0n) is 11.9. The number of benzene rings is 1. The molecule has 3 N–H and O–H groups in total. The van der Waals surface area contributed by atoms with E-state index in [4.69, 9.17) is 9.84 Å². The maximum atomic E-state index is 11.5. The van der Waals surface area contributed by atoms with Crippen LogP contribution in [0.1, 0.15) is 24.0 Å². The summed E-state index contributed by atoms with van der Waals surface area (Å²) in [6.07, 6.45) is -0.492.